The average molecular weight is 281 g/mol. The Morgan fingerprint density at radius 1 is 1.40 bits per heavy atom. The molecule has 3 N–H and O–H groups in total. The van der Waals surface area contributed by atoms with Crippen molar-refractivity contribution in [2.24, 2.45) is 11.7 Å². The molecule has 5 nitrogen and oxygen atoms in total. The molecule has 3 unspecified atom stereocenters. The normalized spacial score (nSPS) is 31.2. The van der Waals surface area contributed by atoms with Gasteiger partial charge >= 0.3 is 0 Å². The van der Waals surface area contributed by atoms with Crippen molar-refractivity contribution >= 4 is 11.8 Å². The lowest BCUT2D eigenvalue weighted by atomic mass is 9.83. The third-order valence-corrected chi connectivity index (χ3v) is 4.59. The van der Waals surface area contributed by atoms with Gasteiger partial charge in [0, 0.05) is 38.5 Å². The zero-order chi connectivity index (χ0) is 14.5. The van der Waals surface area contributed by atoms with Crippen LogP contribution < -0.4 is 11.1 Å². The Kier molecular flexibility index (Phi) is 5.40. The molecule has 5 heteroatoms. The van der Waals surface area contributed by atoms with Crippen molar-refractivity contribution in [1.82, 2.24) is 10.2 Å². The van der Waals surface area contributed by atoms with Crippen LogP contribution >= 0.6 is 0 Å². The first kappa shape index (κ1) is 15.3. The first-order chi connectivity index (χ1) is 9.54. The lowest BCUT2D eigenvalue weighted by Crippen LogP contribution is -2.48. The van der Waals surface area contributed by atoms with E-state index in [4.69, 9.17) is 5.73 Å². The van der Waals surface area contributed by atoms with Gasteiger partial charge in [-0.3, -0.25) is 9.59 Å². The highest BCUT2D eigenvalue weighted by molar-refractivity contribution is 5.78. The van der Waals surface area contributed by atoms with Crippen LogP contribution in [0.15, 0.2) is 0 Å². The molecule has 1 heterocycles. The zero-order valence-corrected chi connectivity index (χ0v) is 12.4. The first-order valence-corrected chi connectivity index (χ1v) is 7.83. The van der Waals surface area contributed by atoms with Crippen LogP contribution in [-0.4, -0.2) is 42.4 Å². The quantitative estimate of drug-likeness (QED) is 0.808. The van der Waals surface area contributed by atoms with Crippen LogP contribution in [-0.2, 0) is 9.59 Å². The van der Waals surface area contributed by atoms with E-state index in [0.717, 1.165) is 25.7 Å². The lowest BCUT2D eigenvalue weighted by molar-refractivity contribution is -0.134. The molecule has 0 aromatic carbocycles. The van der Waals surface area contributed by atoms with Crippen LogP contribution in [0.25, 0.3) is 0 Å². The molecule has 1 saturated heterocycles. The number of nitrogens with zero attached hydrogens (tertiary/aromatic N) is 1. The van der Waals surface area contributed by atoms with Gasteiger partial charge in [0.15, 0.2) is 0 Å². The number of amides is 2. The van der Waals surface area contributed by atoms with Gasteiger partial charge in [0.2, 0.25) is 11.8 Å². The minimum Gasteiger partial charge on any atom is -0.352 e. The summed E-state index contributed by atoms with van der Waals surface area (Å²) in [6, 6.07) is 0.452. The van der Waals surface area contributed by atoms with Gasteiger partial charge < -0.3 is 16.0 Å². The summed E-state index contributed by atoms with van der Waals surface area (Å²) in [5.41, 5.74) is 5.97. The van der Waals surface area contributed by atoms with E-state index in [0.29, 0.717) is 31.3 Å². The van der Waals surface area contributed by atoms with Crippen molar-refractivity contribution in [2.75, 3.05) is 13.6 Å². The Hall–Kier alpha value is -1.10. The molecule has 1 aliphatic carbocycles. The molecule has 0 spiro atoms. The molecule has 2 amide bonds. The van der Waals surface area contributed by atoms with Crippen LogP contribution in [0.4, 0.5) is 0 Å². The number of carbonyl (C=O) groups is 2. The van der Waals surface area contributed by atoms with E-state index < -0.39 is 0 Å². The Labute approximate surface area is 121 Å². The minimum absolute atomic E-state index is 0.122. The van der Waals surface area contributed by atoms with Crippen molar-refractivity contribution in [1.29, 1.82) is 0 Å². The maximum atomic E-state index is 12.0. The molecule has 0 aromatic heterocycles. The molecule has 1 aliphatic heterocycles. The summed E-state index contributed by atoms with van der Waals surface area (Å²) in [4.78, 5) is 25.1. The first-order valence-electron chi connectivity index (χ1n) is 7.83. The maximum absolute atomic E-state index is 12.0. The Bertz CT molecular complexity index is 359. The van der Waals surface area contributed by atoms with Crippen LogP contribution in [0.5, 0.6) is 0 Å². The van der Waals surface area contributed by atoms with Crippen LogP contribution in [0.1, 0.15) is 51.4 Å². The van der Waals surface area contributed by atoms with E-state index in [1.54, 1.807) is 11.9 Å². The number of nitrogens with two attached hydrogens (primary N) is 1. The number of hydrogen-bond acceptors (Lipinski definition) is 3. The standard InChI is InChI=1S/C15H27N3O2/c1-18-10-13(6-8-15(18)20)17-14(19)7-5-11-3-2-4-12(16)9-11/h11-13H,2-10,16H2,1H3,(H,17,19). The fourth-order valence-corrected chi connectivity index (χ4v) is 3.36. The van der Waals surface area contributed by atoms with Crippen LogP contribution in [0.3, 0.4) is 0 Å². The Balaban J connectivity index is 1.66. The van der Waals surface area contributed by atoms with E-state index in [9.17, 15) is 9.59 Å². The van der Waals surface area contributed by atoms with Gasteiger partial charge in [-0.05, 0) is 31.6 Å². The highest BCUT2D eigenvalue weighted by Crippen LogP contribution is 2.26. The van der Waals surface area contributed by atoms with Crippen LogP contribution in [0, 0.1) is 5.92 Å². The number of piperidine rings is 1. The van der Waals surface area contributed by atoms with Gasteiger partial charge in [0.05, 0.1) is 0 Å². The summed E-state index contributed by atoms with van der Waals surface area (Å²) in [7, 11) is 1.80. The molecule has 1 saturated carbocycles. The number of carbonyl (C=O) groups excluding carboxylic acids is 2. The average Bonchev–Trinajstić information content (AvgIpc) is 2.41. The molecule has 3 atom stereocenters. The number of hydrogen-bond donors (Lipinski definition) is 2. The van der Waals surface area contributed by atoms with Gasteiger partial charge in [-0.2, -0.15) is 0 Å². The van der Waals surface area contributed by atoms with Gasteiger partial charge in [-0.25, -0.2) is 0 Å². The second kappa shape index (κ2) is 7.07. The summed E-state index contributed by atoms with van der Waals surface area (Å²) in [6.07, 6.45) is 7.44. The topological polar surface area (TPSA) is 75.4 Å². The molecular weight excluding hydrogens is 254 g/mol. The molecule has 20 heavy (non-hydrogen) atoms. The summed E-state index contributed by atoms with van der Waals surface area (Å²) in [6.45, 7) is 0.638. The predicted molar refractivity (Wildman–Crippen MR) is 78.0 cm³/mol. The van der Waals surface area contributed by atoms with E-state index in [1.165, 1.54) is 12.8 Å². The SMILES string of the molecule is CN1CC(NC(=O)CCC2CCCC(N)C2)CCC1=O. The Morgan fingerprint density at radius 2 is 2.20 bits per heavy atom. The maximum Gasteiger partial charge on any atom is 0.222 e. The summed E-state index contributed by atoms with van der Waals surface area (Å²) in [5, 5.41) is 3.06. The third-order valence-electron chi connectivity index (χ3n) is 4.59. The minimum atomic E-state index is 0.122. The molecule has 114 valence electrons. The molecule has 2 rings (SSSR count). The summed E-state index contributed by atoms with van der Waals surface area (Å²) < 4.78 is 0. The highest BCUT2D eigenvalue weighted by Gasteiger charge is 2.24. The van der Waals surface area contributed by atoms with Gasteiger partial charge in [-0.15, -0.1) is 0 Å². The Morgan fingerprint density at radius 3 is 2.90 bits per heavy atom. The van der Waals surface area contributed by atoms with Crippen molar-refractivity contribution in [3.63, 3.8) is 0 Å². The van der Waals surface area contributed by atoms with Gasteiger partial charge in [-0.1, -0.05) is 12.8 Å². The van der Waals surface area contributed by atoms with Gasteiger partial charge in [0.25, 0.3) is 0 Å². The number of likely N-dealkylation sites (N-methyl/N-ethyl adjacent to an activating group) is 1. The summed E-state index contributed by atoms with van der Waals surface area (Å²) in [5.74, 6) is 0.906. The molecule has 2 fully saturated rings. The zero-order valence-electron chi connectivity index (χ0n) is 12.4. The fraction of sp³-hybridized carbons (Fsp3) is 0.867. The van der Waals surface area contributed by atoms with Crippen LogP contribution in [0.2, 0.25) is 0 Å². The van der Waals surface area contributed by atoms with Crippen molar-refractivity contribution in [3.05, 3.63) is 0 Å². The number of rotatable bonds is 4. The number of nitrogens with one attached hydrogen (secondary N) is 1. The molecule has 0 radical (unpaired) electrons. The highest BCUT2D eigenvalue weighted by atomic mass is 16.2. The van der Waals surface area contributed by atoms with E-state index in [2.05, 4.69) is 5.32 Å². The predicted octanol–water partition coefficient (Wildman–Crippen LogP) is 1.02. The third kappa shape index (κ3) is 4.47. The smallest absolute Gasteiger partial charge is 0.222 e. The largest absolute Gasteiger partial charge is 0.352 e. The lowest BCUT2D eigenvalue weighted by Gasteiger charge is -2.30. The fourth-order valence-electron chi connectivity index (χ4n) is 3.36. The second-order valence-corrected chi connectivity index (χ2v) is 6.41. The van der Waals surface area contributed by atoms with Crippen molar-refractivity contribution in [2.45, 2.75) is 63.5 Å². The van der Waals surface area contributed by atoms with E-state index in [1.807, 2.05) is 0 Å². The van der Waals surface area contributed by atoms with E-state index >= 15 is 0 Å². The summed E-state index contributed by atoms with van der Waals surface area (Å²) >= 11 is 0. The van der Waals surface area contributed by atoms with Crippen molar-refractivity contribution in [3.8, 4) is 0 Å². The number of likely N-dealkylation sites (tertiary alicyclic amines) is 1. The molecular formula is C15H27N3O2. The molecule has 0 aromatic rings. The van der Waals surface area contributed by atoms with Crippen molar-refractivity contribution < 1.29 is 9.59 Å². The molecule has 0 bridgehead atoms. The monoisotopic (exact) mass is 281 g/mol. The van der Waals surface area contributed by atoms with Gasteiger partial charge in [0.1, 0.15) is 0 Å². The molecule has 2 aliphatic rings. The second-order valence-electron chi connectivity index (χ2n) is 6.41. The van der Waals surface area contributed by atoms with E-state index in [-0.39, 0.29) is 17.9 Å².